The second kappa shape index (κ2) is 6.62. The minimum Gasteiger partial charge on any atom is -0.336 e. The second-order valence-electron chi connectivity index (χ2n) is 5.64. The number of carbonyl (C=O) groups is 2. The van der Waals surface area contributed by atoms with Gasteiger partial charge in [-0.2, -0.15) is 0 Å². The van der Waals surface area contributed by atoms with Gasteiger partial charge in [-0.1, -0.05) is 0 Å². The Morgan fingerprint density at radius 1 is 1.36 bits per heavy atom. The van der Waals surface area contributed by atoms with E-state index in [-0.39, 0.29) is 35.8 Å². The van der Waals surface area contributed by atoms with Crippen molar-refractivity contribution in [3.63, 3.8) is 0 Å². The molecule has 1 atom stereocenters. The zero-order valence-electron chi connectivity index (χ0n) is 12.3. The molecule has 0 unspecified atom stereocenters. The van der Waals surface area contributed by atoms with E-state index in [2.05, 4.69) is 10.6 Å². The van der Waals surface area contributed by atoms with E-state index in [1.54, 1.807) is 11.0 Å². The Hall–Kier alpha value is -1.66. The Morgan fingerprint density at radius 2 is 2.14 bits per heavy atom. The third kappa shape index (κ3) is 3.23. The van der Waals surface area contributed by atoms with Crippen molar-refractivity contribution in [1.82, 2.24) is 10.2 Å². The van der Waals surface area contributed by atoms with Crippen LogP contribution in [0.2, 0.25) is 0 Å². The summed E-state index contributed by atoms with van der Waals surface area (Å²) in [5, 5.41) is 5.89. The summed E-state index contributed by atoms with van der Waals surface area (Å²) in [6, 6.07) is 3.05. The van der Waals surface area contributed by atoms with Gasteiger partial charge in [0.15, 0.2) is 0 Å². The van der Waals surface area contributed by atoms with Crippen LogP contribution in [0.3, 0.4) is 0 Å². The maximum absolute atomic E-state index is 14.2. The van der Waals surface area contributed by atoms with Crippen molar-refractivity contribution in [2.75, 3.05) is 25.0 Å². The Bertz CT molecular complexity index is 609. The molecule has 0 spiro atoms. The first-order chi connectivity index (χ1) is 10.0. The number of hydrogen-bond donors (Lipinski definition) is 2. The highest BCUT2D eigenvalue weighted by molar-refractivity contribution is 5.98. The fourth-order valence-electron chi connectivity index (χ4n) is 2.85. The molecule has 1 saturated heterocycles. The van der Waals surface area contributed by atoms with E-state index in [0.717, 1.165) is 12.1 Å². The summed E-state index contributed by atoms with van der Waals surface area (Å²) >= 11 is 0. The van der Waals surface area contributed by atoms with Crippen LogP contribution >= 0.6 is 12.4 Å². The Kier molecular flexibility index (Phi) is 5.03. The third-order valence-electron chi connectivity index (χ3n) is 3.97. The van der Waals surface area contributed by atoms with Gasteiger partial charge in [0.1, 0.15) is 5.82 Å². The van der Waals surface area contributed by atoms with Gasteiger partial charge in [-0.15, -0.1) is 12.4 Å². The number of amides is 2. The smallest absolute Gasteiger partial charge is 0.256 e. The van der Waals surface area contributed by atoms with Crippen molar-refractivity contribution in [2.24, 2.45) is 0 Å². The molecule has 2 heterocycles. The van der Waals surface area contributed by atoms with Crippen molar-refractivity contribution < 1.29 is 14.0 Å². The minimum atomic E-state index is -0.577. The molecule has 5 nitrogen and oxygen atoms in total. The number of carbonyl (C=O) groups excluding carboxylic acids is 2. The van der Waals surface area contributed by atoms with E-state index in [0.29, 0.717) is 31.6 Å². The molecule has 0 aromatic heterocycles. The highest BCUT2D eigenvalue weighted by Crippen LogP contribution is 2.26. The highest BCUT2D eigenvalue weighted by Gasteiger charge is 2.26. The Balaban J connectivity index is 0.00000176. The molecule has 0 aliphatic carbocycles. The normalized spacial score (nSPS) is 20.7. The number of piperazine rings is 1. The fourth-order valence-corrected chi connectivity index (χ4v) is 2.85. The predicted molar refractivity (Wildman–Crippen MR) is 84.0 cm³/mol. The average molecular weight is 328 g/mol. The van der Waals surface area contributed by atoms with Crippen molar-refractivity contribution in [3.8, 4) is 0 Å². The Labute approximate surface area is 134 Å². The number of anilines is 1. The number of rotatable bonds is 1. The lowest BCUT2D eigenvalue weighted by molar-refractivity contribution is -0.116. The van der Waals surface area contributed by atoms with Gasteiger partial charge in [-0.05, 0) is 31.0 Å². The molecular formula is C15H19ClFN3O2. The van der Waals surface area contributed by atoms with E-state index >= 15 is 0 Å². The van der Waals surface area contributed by atoms with Gasteiger partial charge in [-0.25, -0.2) is 4.39 Å². The number of nitrogens with zero attached hydrogens (tertiary/aromatic N) is 1. The summed E-state index contributed by atoms with van der Waals surface area (Å²) in [6.45, 7) is 3.87. The number of aryl methyl sites for hydroxylation is 1. The van der Waals surface area contributed by atoms with Gasteiger partial charge in [0.25, 0.3) is 5.91 Å². The largest absolute Gasteiger partial charge is 0.336 e. The van der Waals surface area contributed by atoms with E-state index in [9.17, 15) is 14.0 Å². The molecule has 1 fully saturated rings. The van der Waals surface area contributed by atoms with Crippen LogP contribution in [0.4, 0.5) is 10.1 Å². The van der Waals surface area contributed by atoms with Crippen LogP contribution in [0.15, 0.2) is 12.1 Å². The van der Waals surface area contributed by atoms with E-state index < -0.39 is 5.82 Å². The number of benzene rings is 1. The van der Waals surface area contributed by atoms with Gasteiger partial charge in [0.2, 0.25) is 5.91 Å². The van der Waals surface area contributed by atoms with E-state index in [1.807, 2.05) is 6.92 Å². The van der Waals surface area contributed by atoms with Crippen molar-refractivity contribution in [2.45, 2.75) is 25.8 Å². The van der Waals surface area contributed by atoms with Crippen LogP contribution < -0.4 is 10.6 Å². The lowest BCUT2D eigenvalue weighted by atomic mass is 9.99. The van der Waals surface area contributed by atoms with Gasteiger partial charge in [0, 0.05) is 37.8 Å². The highest BCUT2D eigenvalue weighted by atomic mass is 35.5. The first-order valence-corrected chi connectivity index (χ1v) is 7.19. The van der Waals surface area contributed by atoms with Gasteiger partial charge >= 0.3 is 0 Å². The van der Waals surface area contributed by atoms with Crippen LogP contribution in [0.25, 0.3) is 0 Å². The standard InChI is InChI=1S/C15H18FN3O2.ClH/c1-9-8-19(5-4-17-9)15(21)11-6-10-2-3-14(20)18-13(10)7-12(11)16;/h6-7,9,17H,2-5,8H2,1H3,(H,18,20);1H/t9-;/m1./s1. The maximum Gasteiger partial charge on any atom is 0.256 e. The van der Waals surface area contributed by atoms with Crippen LogP contribution in [0.1, 0.15) is 29.3 Å². The topological polar surface area (TPSA) is 61.4 Å². The summed E-state index contributed by atoms with van der Waals surface area (Å²) in [5.74, 6) is -0.968. The number of halogens is 2. The summed E-state index contributed by atoms with van der Waals surface area (Å²) in [7, 11) is 0. The molecule has 2 aliphatic heterocycles. The molecule has 2 amide bonds. The second-order valence-corrected chi connectivity index (χ2v) is 5.64. The fraction of sp³-hybridized carbons (Fsp3) is 0.467. The SMILES string of the molecule is C[C@@H]1CN(C(=O)c2cc3c(cc2F)NC(=O)CC3)CCN1.Cl. The first kappa shape index (κ1) is 16.7. The van der Waals surface area contributed by atoms with Crippen LogP contribution in [-0.2, 0) is 11.2 Å². The molecule has 2 aliphatic rings. The third-order valence-corrected chi connectivity index (χ3v) is 3.97. The molecule has 2 N–H and O–H groups in total. The van der Waals surface area contributed by atoms with Crippen LogP contribution in [-0.4, -0.2) is 42.4 Å². The molecular weight excluding hydrogens is 309 g/mol. The van der Waals surface area contributed by atoms with Gasteiger partial charge in [-0.3, -0.25) is 9.59 Å². The monoisotopic (exact) mass is 327 g/mol. The molecule has 1 aromatic carbocycles. The molecule has 3 rings (SSSR count). The molecule has 1 aromatic rings. The van der Waals surface area contributed by atoms with Gasteiger partial charge in [0.05, 0.1) is 5.56 Å². The minimum absolute atomic E-state index is 0. The predicted octanol–water partition coefficient (Wildman–Crippen LogP) is 1.57. The summed E-state index contributed by atoms with van der Waals surface area (Å²) in [6.07, 6.45) is 0.913. The van der Waals surface area contributed by atoms with Gasteiger partial charge < -0.3 is 15.5 Å². The first-order valence-electron chi connectivity index (χ1n) is 7.19. The number of fused-ring (bicyclic) bond motifs is 1. The number of nitrogens with one attached hydrogen (secondary N) is 2. The molecule has 0 radical (unpaired) electrons. The Morgan fingerprint density at radius 3 is 2.86 bits per heavy atom. The zero-order chi connectivity index (χ0) is 15.0. The van der Waals surface area contributed by atoms with Crippen molar-refractivity contribution in [3.05, 3.63) is 29.1 Å². The van der Waals surface area contributed by atoms with E-state index in [4.69, 9.17) is 0 Å². The summed E-state index contributed by atoms with van der Waals surface area (Å²) in [5.41, 5.74) is 1.40. The van der Waals surface area contributed by atoms with Crippen molar-refractivity contribution >= 4 is 29.9 Å². The molecule has 0 bridgehead atoms. The lowest BCUT2D eigenvalue weighted by Crippen LogP contribution is -2.51. The molecule has 7 heteroatoms. The van der Waals surface area contributed by atoms with Crippen LogP contribution in [0, 0.1) is 5.82 Å². The lowest BCUT2D eigenvalue weighted by Gasteiger charge is -2.32. The average Bonchev–Trinajstić information content (AvgIpc) is 2.45. The molecule has 0 saturated carbocycles. The quantitative estimate of drug-likeness (QED) is 0.823. The molecule has 22 heavy (non-hydrogen) atoms. The maximum atomic E-state index is 14.2. The van der Waals surface area contributed by atoms with E-state index in [1.165, 1.54) is 6.07 Å². The van der Waals surface area contributed by atoms with Crippen LogP contribution in [0.5, 0.6) is 0 Å². The van der Waals surface area contributed by atoms with Crippen molar-refractivity contribution in [1.29, 1.82) is 0 Å². The zero-order valence-corrected chi connectivity index (χ0v) is 13.1. The summed E-state index contributed by atoms with van der Waals surface area (Å²) in [4.78, 5) is 25.5. The summed E-state index contributed by atoms with van der Waals surface area (Å²) < 4.78 is 14.2. The molecule has 120 valence electrons. The number of hydrogen-bond acceptors (Lipinski definition) is 3.